The molecule has 0 amide bonds. The summed E-state index contributed by atoms with van der Waals surface area (Å²) in [6, 6.07) is 0. The van der Waals surface area contributed by atoms with Gasteiger partial charge in [0.15, 0.2) is 0 Å². The molecule has 0 saturated carbocycles. The Bertz CT molecular complexity index is 1410. The second kappa shape index (κ2) is 29.0. The van der Waals surface area contributed by atoms with Gasteiger partial charge in [-0.15, -0.1) is 0 Å². The number of carboxylic acid groups (broad SMARTS) is 5. The predicted molar refractivity (Wildman–Crippen MR) is 194 cm³/mol. The molecule has 0 radical (unpaired) electrons. The van der Waals surface area contributed by atoms with Crippen molar-refractivity contribution in [2.75, 3.05) is 0 Å². The van der Waals surface area contributed by atoms with Crippen LogP contribution in [-0.2, 0) is 103 Å². The summed E-state index contributed by atoms with van der Waals surface area (Å²) in [5.41, 5.74) is -7.72. The van der Waals surface area contributed by atoms with Crippen molar-refractivity contribution in [1.82, 2.24) is 0 Å². The van der Waals surface area contributed by atoms with E-state index in [1.807, 2.05) is 0 Å². The Morgan fingerprint density at radius 3 is 0.508 bits per heavy atom. The normalized spacial score (nSPS) is 10.5. The summed E-state index contributed by atoms with van der Waals surface area (Å²) in [4.78, 5) is 172. The van der Waals surface area contributed by atoms with E-state index in [0.29, 0.717) is 0 Å². The second-order valence-electron chi connectivity index (χ2n) is 13.0. The molecule has 0 unspecified atom stereocenters. The van der Waals surface area contributed by atoms with Gasteiger partial charge in [0.1, 0.15) is 85.4 Å². The van der Waals surface area contributed by atoms with E-state index >= 15 is 0 Å². The molecule has 0 bridgehead atoms. The minimum Gasteiger partial charge on any atom is -0.549 e. The van der Waals surface area contributed by atoms with Gasteiger partial charge >= 0.3 is 32.2 Å². The van der Waals surface area contributed by atoms with Crippen LogP contribution in [0, 0.1) is 27.6 Å². The van der Waals surface area contributed by atoms with Gasteiger partial charge < -0.3 is 44.7 Å². The Labute approximate surface area is 370 Å². The maximum absolute atomic E-state index is 10.9. The molecule has 0 aromatic heterocycles. The van der Waals surface area contributed by atoms with Gasteiger partial charge in [0, 0.05) is 0 Å². The zero-order valence-electron chi connectivity index (χ0n) is 36.5. The van der Waals surface area contributed by atoms with E-state index in [1.54, 1.807) is 0 Å². The van der Waals surface area contributed by atoms with Gasteiger partial charge in [-0.05, 0) is 94.9 Å². The van der Waals surface area contributed by atoms with Crippen molar-refractivity contribution in [2.24, 2.45) is 27.6 Å². The molecule has 0 aliphatic carbocycles. The molecule has 0 fully saturated rings. The average molecular weight is 948 g/mol. The minimum atomic E-state index is -1.93. The fourth-order valence-electron chi connectivity index (χ4n) is 5.49. The quantitative estimate of drug-likeness (QED) is 0.0921. The molecule has 21 nitrogen and oxygen atoms in total. The number of carbonyl (C=O) groups is 16. The third-order valence-corrected chi connectivity index (χ3v) is 9.61. The van der Waals surface area contributed by atoms with Crippen LogP contribution in [0.3, 0.4) is 0 Å². The van der Waals surface area contributed by atoms with Gasteiger partial charge in [-0.25, -0.2) is 4.79 Å². The average Bonchev–Trinajstić information content (AvgIpc) is 3.05. The first kappa shape index (κ1) is 67.4. The van der Waals surface area contributed by atoms with Crippen molar-refractivity contribution in [1.29, 1.82) is 0 Å². The van der Waals surface area contributed by atoms with Crippen LogP contribution in [0.5, 0.6) is 0 Å². The zero-order chi connectivity index (χ0) is 49.6. The van der Waals surface area contributed by atoms with Crippen LogP contribution in [0.2, 0.25) is 0 Å². The number of Topliss-reactive ketones (excluding diaryl/α,β-unsaturated/α-hetero) is 11. The topological polar surface area (TPSA) is 386 Å². The van der Waals surface area contributed by atoms with Gasteiger partial charge in [-0.3, -0.25) is 52.7 Å². The van der Waals surface area contributed by atoms with Crippen LogP contribution >= 0.6 is 0 Å². The third kappa shape index (κ3) is 16.9. The minimum absolute atomic E-state index is 0. The van der Waals surface area contributed by atoms with Crippen molar-refractivity contribution in [3.63, 3.8) is 0 Å². The van der Waals surface area contributed by atoms with Gasteiger partial charge in [0.2, 0.25) is 0 Å². The van der Waals surface area contributed by atoms with Crippen molar-refractivity contribution in [3.8, 4) is 0 Å². The standard InChI is InChI=1S/4C8H12O4.C7H8O5.Zr/c4*1-4-8(5(2)9,6(3)10)7(11)12;1-3(8)5(4(2)9)6(10)7(11)12;/h4*4H2,1-3H3,(H,11,12);5H,1-2H3,(H,11,12);/q;;;;;+4/p-4. The van der Waals surface area contributed by atoms with Crippen LogP contribution in [0.4, 0.5) is 0 Å². The Morgan fingerprint density at radius 1 is 0.361 bits per heavy atom. The summed E-state index contributed by atoms with van der Waals surface area (Å²) in [6.45, 7) is 16.6. The van der Waals surface area contributed by atoms with E-state index in [0.717, 1.165) is 69.2 Å². The van der Waals surface area contributed by atoms with Crippen molar-refractivity contribution in [2.45, 2.75) is 123 Å². The summed E-state index contributed by atoms with van der Waals surface area (Å²) in [7, 11) is 0. The van der Waals surface area contributed by atoms with E-state index in [1.165, 1.54) is 27.7 Å². The molecule has 22 heteroatoms. The van der Waals surface area contributed by atoms with Gasteiger partial charge in [0.25, 0.3) is 5.78 Å². The molecule has 0 aliphatic heterocycles. The number of hydrogen-bond acceptors (Lipinski definition) is 20. The summed E-state index contributed by atoms with van der Waals surface area (Å²) in [5.74, 6) is -18.0. The fraction of sp³-hybridized carbons (Fsp3) is 0.590. The summed E-state index contributed by atoms with van der Waals surface area (Å²) >= 11 is 0. The monoisotopic (exact) mass is 946 g/mol. The Kier molecular flexibility index (Phi) is 32.0. The summed E-state index contributed by atoms with van der Waals surface area (Å²) in [5, 5.41) is 50.5. The molecule has 0 heterocycles. The van der Waals surface area contributed by atoms with Crippen LogP contribution in [0.25, 0.3) is 0 Å². The predicted octanol–water partition coefficient (Wildman–Crippen LogP) is -3.33. The molecule has 61 heavy (non-hydrogen) atoms. The molecule has 338 valence electrons. The molecular weight excluding hydrogens is 896 g/mol. The molecule has 1 N–H and O–H groups in total. The molecule has 0 atom stereocenters. The fourth-order valence-corrected chi connectivity index (χ4v) is 5.49. The molecule has 0 rings (SSSR count). The number of carbonyl (C=O) groups excluding carboxylic acids is 15. The van der Waals surface area contributed by atoms with Crippen LogP contribution in [-0.4, -0.2) is 98.6 Å². The Morgan fingerprint density at radius 2 is 0.492 bits per heavy atom. The molecule has 0 aromatic rings. The molecule has 0 saturated heterocycles. The van der Waals surface area contributed by atoms with E-state index in [9.17, 15) is 97.1 Å². The van der Waals surface area contributed by atoms with Gasteiger partial charge in [-0.1, -0.05) is 27.7 Å². The van der Waals surface area contributed by atoms with Gasteiger partial charge in [-0.2, -0.15) is 0 Å². The second-order valence-corrected chi connectivity index (χ2v) is 13.0. The van der Waals surface area contributed by atoms with E-state index in [4.69, 9.17) is 5.11 Å². The first-order chi connectivity index (χ1) is 26.9. The number of rotatable bonds is 20. The van der Waals surface area contributed by atoms with Crippen molar-refractivity contribution >= 4 is 93.5 Å². The van der Waals surface area contributed by atoms with Crippen molar-refractivity contribution < 1.29 is 128 Å². The number of ketones is 11. The van der Waals surface area contributed by atoms with E-state index < -0.39 is 121 Å². The number of hydrogen-bond donors (Lipinski definition) is 1. The third-order valence-electron chi connectivity index (χ3n) is 9.61. The summed E-state index contributed by atoms with van der Waals surface area (Å²) in [6.07, 6.45) is -0.222. The van der Waals surface area contributed by atoms with Crippen LogP contribution in [0.1, 0.15) is 123 Å². The SMILES string of the molecule is CC(=O)C(C(C)=O)C(=O)C(=O)O.CCC(C(C)=O)(C(C)=O)C(=O)[O-].CCC(C(C)=O)(C(C)=O)C(=O)[O-].CCC(C(C)=O)(C(C)=O)C(=O)[O-].CCC(C(C)=O)(C(C)=O)C(=O)[O-].[Zr+4]. The maximum atomic E-state index is 10.9. The van der Waals surface area contributed by atoms with Crippen LogP contribution in [0.15, 0.2) is 0 Å². The number of aliphatic carboxylic acids is 5. The molecule has 0 spiro atoms. The molecule has 0 aromatic carbocycles. The van der Waals surface area contributed by atoms with Gasteiger partial charge in [0.05, 0.1) is 23.9 Å². The Balaban J connectivity index is -0.000000154. The smallest absolute Gasteiger partial charge is 0.549 e. The van der Waals surface area contributed by atoms with E-state index in [-0.39, 0.29) is 51.9 Å². The first-order valence-electron chi connectivity index (χ1n) is 17.7. The maximum Gasteiger partial charge on any atom is 4.00 e. The number of carboxylic acids is 5. The Hall–Kier alpha value is -5.40. The molecule has 0 aliphatic rings. The van der Waals surface area contributed by atoms with E-state index in [2.05, 4.69) is 0 Å². The summed E-state index contributed by atoms with van der Waals surface area (Å²) < 4.78 is 0. The first-order valence-corrected chi connectivity index (χ1v) is 17.7. The van der Waals surface area contributed by atoms with Crippen LogP contribution < -0.4 is 20.4 Å². The molecular formula is C39H52O21Zr. The zero-order valence-corrected chi connectivity index (χ0v) is 39.0. The van der Waals surface area contributed by atoms with Crippen molar-refractivity contribution in [3.05, 3.63) is 0 Å². The largest absolute Gasteiger partial charge is 4.00 e.